The van der Waals surface area contributed by atoms with Gasteiger partial charge in [0.25, 0.3) is 5.91 Å². The number of aromatic carboxylic acids is 1. The maximum atomic E-state index is 13.4. The van der Waals surface area contributed by atoms with Crippen molar-refractivity contribution in [1.29, 1.82) is 0 Å². The summed E-state index contributed by atoms with van der Waals surface area (Å²) in [5.74, 6) is -6.50. The Hall–Kier alpha value is -2.83. The summed E-state index contributed by atoms with van der Waals surface area (Å²) in [5.41, 5.74) is -0.490. The quantitative estimate of drug-likeness (QED) is 0.855. The summed E-state index contributed by atoms with van der Waals surface area (Å²) < 4.78 is 39.2. The molecule has 7 heteroatoms. The van der Waals surface area contributed by atoms with Gasteiger partial charge in [-0.1, -0.05) is 0 Å². The van der Waals surface area contributed by atoms with Gasteiger partial charge >= 0.3 is 5.97 Å². The van der Waals surface area contributed by atoms with E-state index in [1.807, 2.05) is 0 Å². The number of carboxylic acid groups (broad SMARTS) is 1. The van der Waals surface area contributed by atoms with Gasteiger partial charge in [0, 0.05) is 5.56 Å². The molecule has 4 nitrogen and oxygen atoms in total. The summed E-state index contributed by atoms with van der Waals surface area (Å²) in [7, 11) is 0. The van der Waals surface area contributed by atoms with Gasteiger partial charge in [-0.25, -0.2) is 18.0 Å². The third kappa shape index (κ3) is 3.02. The Balaban J connectivity index is 2.22. The molecule has 2 rings (SSSR count). The smallest absolute Gasteiger partial charge is 0.335 e. The van der Waals surface area contributed by atoms with Crippen LogP contribution in [0.1, 0.15) is 20.7 Å². The van der Waals surface area contributed by atoms with Crippen molar-refractivity contribution in [2.24, 2.45) is 0 Å². The van der Waals surface area contributed by atoms with Crippen molar-refractivity contribution < 1.29 is 27.9 Å². The number of halogens is 3. The van der Waals surface area contributed by atoms with Crippen LogP contribution in [0.25, 0.3) is 0 Å². The molecule has 21 heavy (non-hydrogen) atoms. The van der Waals surface area contributed by atoms with E-state index in [2.05, 4.69) is 5.32 Å². The fourth-order valence-electron chi connectivity index (χ4n) is 1.58. The van der Waals surface area contributed by atoms with Gasteiger partial charge in [-0.05, 0) is 36.4 Å². The molecule has 0 bridgehead atoms. The second-order valence-electron chi connectivity index (χ2n) is 4.06. The van der Waals surface area contributed by atoms with E-state index in [0.29, 0.717) is 6.07 Å². The first kappa shape index (κ1) is 14.6. The Morgan fingerprint density at radius 3 is 2.00 bits per heavy atom. The lowest BCUT2D eigenvalue weighted by Gasteiger charge is -2.07. The number of benzene rings is 2. The molecule has 0 saturated carbocycles. The third-order valence-electron chi connectivity index (χ3n) is 2.68. The van der Waals surface area contributed by atoms with Crippen LogP contribution >= 0.6 is 0 Å². The van der Waals surface area contributed by atoms with Crippen molar-refractivity contribution in [2.75, 3.05) is 5.32 Å². The summed E-state index contributed by atoms with van der Waals surface area (Å²) in [6.07, 6.45) is 0. The average Bonchev–Trinajstić information content (AvgIpc) is 2.48. The second-order valence-corrected chi connectivity index (χ2v) is 4.06. The van der Waals surface area contributed by atoms with Crippen LogP contribution in [0.3, 0.4) is 0 Å². The SMILES string of the molecule is O=C(O)c1ccc(C(=O)Nc2ccc(F)c(F)c2F)cc1. The minimum atomic E-state index is -1.69. The molecule has 0 saturated heterocycles. The second kappa shape index (κ2) is 5.66. The number of hydrogen-bond donors (Lipinski definition) is 2. The molecule has 0 aliphatic heterocycles. The number of carbonyl (C=O) groups is 2. The van der Waals surface area contributed by atoms with Crippen molar-refractivity contribution in [1.82, 2.24) is 0 Å². The number of carboxylic acids is 1. The summed E-state index contributed by atoms with van der Waals surface area (Å²) in [5, 5.41) is 10.8. The minimum Gasteiger partial charge on any atom is -0.478 e. The van der Waals surface area contributed by atoms with Gasteiger partial charge in [-0.3, -0.25) is 4.79 Å². The number of amides is 1. The molecular weight excluding hydrogens is 287 g/mol. The fourth-order valence-corrected chi connectivity index (χ4v) is 1.58. The monoisotopic (exact) mass is 295 g/mol. The van der Waals surface area contributed by atoms with Crippen LogP contribution in [-0.4, -0.2) is 17.0 Å². The Morgan fingerprint density at radius 1 is 0.857 bits per heavy atom. The molecule has 0 atom stereocenters. The van der Waals surface area contributed by atoms with Gasteiger partial charge in [0.1, 0.15) is 0 Å². The van der Waals surface area contributed by atoms with Crippen LogP contribution in [0.2, 0.25) is 0 Å². The van der Waals surface area contributed by atoms with Crippen molar-refractivity contribution in [3.8, 4) is 0 Å². The molecule has 0 unspecified atom stereocenters. The lowest BCUT2D eigenvalue weighted by Crippen LogP contribution is -2.14. The molecule has 0 fully saturated rings. The molecule has 0 aromatic heterocycles. The molecule has 2 aromatic rings. The highest BCUT2D eigenvalue weighted by molar-refractivity contribution is 6.04. The van der Waals surface area contributed by atoms with E-state index in [4.69, 9.17) is 5.11 Å². The van der Waals surface area contributed by atoms with E-state index >= 15 is 0 Å². The zero-order chi connectivity index (χ0) is 15.6. The summed E-state index contributed by atoms with van der Waals surface area (Å²) in [6, 6.07) is 6.39. The lowest BCUT2D eigenvalue weighted by molar-refractivity contribution is 0.0696. The van der Waals surface area contributed by atoms with Crippen molar-refractivity contribution in [2.45, 2.75) is 0 Å². The summed E-state index contributed by atoms with van der Waals surface area (Å²) >= 11 is 0. The van der Waals surface area contributed by atoms with Crippen molar-refractivity contribution in [3.05, 3.63) is 65.0 Å². The highest BCUT2D eigenvalue weighted by Crippen LogP contribution is 2.20. The van der Waals surface area contributed by atoms with Gasteiger partial charge in [0.2, 0.25) is 0 Å². The van der Waals surface area contributed by atoms with E-state index in [1.165, 1.54) is 24.3 Å². The van der Waals surface area contributed by atoms with Crippen LogP contribution in [0.5, 0.6) is 0 Å². The largest absolute Gasteiger partial charge is 0.478 e. The normalized spacial score (nSPS) is 10.2. The van der Waals surface area contributed by atoms with E-state index in [-0.39, 0.29) is 11.1 Å². The van der Waals surface area contributed by atoms with Crippen LogP contribution in [0.4, 0.5) is 18.9 Å². The van der Waals surface area contributed by atoms with Crippen LogP contribution in [0, 0.1) is 17.5 Å². The molecule has 1 amide bonds. The Kier molecular flexibility index (Phi) is 3.93. The maximum absolute atomic E-state index is 13.4. The van der Waals surface area contributed by atoms with Crippen LogP contribution in [0.15, 0.2) is 36.4 Å². The standard InChI is InChI=1S/C14H8F3NO3/c15-9-5-6-10(12(17)11(9)16)18-13(19)7-1-3-8(4-2-7)14(20)21/h1-6H,(H,18,19)(H,20,21). The van der Waals surface area contributed by atoms with E-state index in [9.17, 15) is 22.8 Å². The van der Waals surface area contributed by atoms with E-state index < -0.39 is 35.0 Å². The fraction of sp³-hybridized carbons (Fsp3) is 0. The first-order valence-corrected chi connectivity index (χ1v) is 5.68. The third-order valence-corrected chi connectivity index (χ3v) is 2.68. The number of hydrogen-bond acceptors (Lipinski definition) is 2. The molecule has 0 heterocycles. The zero-order valence-corrected chi connectivity index (χ0v) is 10.4. The average molecular weight is 295 g/mol. The topological polar surface area (TPSA) is 66.4 Å². The summed E-state index contributed by atoms with van der Waals surface area (Å²) in [6.45, 7) is 0. The number of rotatable bonds is 3. The molecule has 0 aliphatic rings. The Labute approximate surface area is 116 Å². The van der Waals surface area contributed by atoms with Gasteiger partial charge in [-0.15, -0.1) is 0 Å². The summed E-state index contributed by atoms with van der Waals surface area (Å²) in [4.78, 5) is 22.5. The Bertz CT molecular complexity index is 714. The molecule has 0 aliphatic carbocycles. The number of anilines is 1. The molecule has 2 aromatic carbocycles. The molecular formula is C14H8F3NO3. The molecule has 2 N–H and O–H groups in total. The van der Waals surface area contributed by atoms with Gasteiger partial charge in [0.15, 0.2) is 17.5 Å². The first-order valence-electron chi connectivity index (χ1n) is 5.68. The van der Waals surface area contributed by atoms with Crippen LogP contribution in [-0.2, 0) is 0 Å². The molecule has 108 valence electrons. The first-order chi connectivity index (χ1) is 9.90. The predicted molar refractivity (Wildman–Crippen MR) is 67.7 cm³/mol. The zero-order valence-electron chi connectivity index (χ0n) is 10.4. The van der Waals surface area contributed by atoms with Gasteiger partial charge < -0.3 is 10.4 Å². The van der Waals surface area contributed by atoms with Crippen molar-refractivity contribution in [3.63, 3.8) is 0 Å². The maximum Gasteiger partial charge on any atom is 0.335 e. The van der Waals surface area contributed by atoms with Gasteiger partial charge in [0.05, 0.1) is 11.3 Å². The van der Waals surface area contributed by atoms with E-state index in [1.54, 1.807) is 0 Å². The molecule has 0 radical (unpaired) electrons. The number of nitrogens with one attached hydrogen (secondary N) is 1. The lowest BCUT2D eigenvalue weighted by atomic mass is 10.1. The highest BCUT2D eigenvalue weighted by Gasteiger charge is 2.16. The van der Waals surface area contributed by atoms with Crippen molar-refractivity contribution >= 4 is 17.6 Å². The highest BCUT2D eigenvalue weighted by atomic mass is 19.2. The minimum absolute atomic E-state index is 0.0226. The predicted octanol–water partition coefficient (Wildman–Crippen LogP) is 3.05. The van der Waals surface area contributed by atoms with Gasteiger partial charge in [-0.2, -0.15) is 0 Å². The Morgan fingerprint density at radius 2 is 1.43 bits per heavy atom. The molecule has 0 spiro atoms. The number of carbonyl (C=O) groups excluding carboxylic acids is 1. The van der Waals surface area contributed by atoms with E-state index in [0.717, 1.165) is 6.07 Å². The van der Waals surface area contributed by atoms with Crippen LogP contribution < -0.4 is 5.32 Å².